The van der Waals surface area contributed by atoms with Crippen molar-refractivity contribution in [2.75, 3.05) is 6.61 Å². The SMILES string of the molecule is O=c1c2ccccc2nnn1CC(O)COc1ccc2ccccc2c1. The molecule has 0 radical (unpaired) electrons. The Morgan fingerprint density at radius 3 is 2.65 bits per heavy atom. The highest BCUT2D eigenvalue weighted by atomic mass is 16.5. The molecule has 0 aliphatic rings. The molecule has 1 unspecified atom stereocenters. The Morgan fingerprint density at radius 2 is 1.77 bits per heavy atom. The smallest absolute Gasteiger partial charge is 0.277 e. The van der Waals surface area contributed by atoms with Gasteiger partial charge in [-0.2, -0.15) is 0 Å². The second-order valence-electron chi connectivity index (χ2n) is 6.07. The minimum absolute atomic E-state index is 0.0181. The van der Waals surface area contributed by atoms with Gasteiger partial charge in [0.2, 0.25) is 0 Å². The van der Waals surface area contributed by atoms with Gasteiger partial charge in [0, 0.05) is 0 Å². The van der Waals surface area contributed by atoms with E-state index in [4.69, 9.17) is 4.74 Å². The maximum atomic E-state index is 12.4. The number of fused-ring (bicyclic) bond motifs is 2. The number of hydrogen-bond acceptors (Lipinski definition) is 5. The van der Waals surface area contributed by atoms with E-state index in [1.807, 2.05) is 42.5 Å². The largest absolute Gasteiger partial charge is 0.491 e. The Kier molecular flexibility index (Phi) is 4.33. The third kappa shape index (κ3) is 3.27. The first kappa shape index (κ1) is 16.2. The number of ether oxygens (including phenoxy) is 1. The fraction of sp³-hybridized carbons (Fsp3) is 0.150. The van der Waals surface area contributed by atoms with Gasteiger partial charge in [0.15, 0.2) is 0 Å². The fourth-order valence-corrected chi connectivity index (χ4v) is 2.84. The molecular formula is C20H17N3O3. The maximum Gasteiger partial charge on any atom is 0.277 e. The summed E-state index contributed by atoms with van der Waals surface area (Å²) in [5, 5.41) is 20.8. The molecule has 6 heteroatoms. The monoisotopic (exact) mass is 347 g/mol. The van der Waals surface area contributed by atoms with E-state index in [9.17, 15) is 9.90 Å². The third-order valence-corrected chi connectivity index (χ3v) is 4.18. The van der Waals surface area contributed by atoms with Crippen LogP contribution in [-0.4, -0.2) is 32.8 Å². The number of aliphatic hydroxyl groups excluding tert-OH is 1. The van der Waals surface area contributed by atoms with Gasteiger partial charge in [-0.05, 0) is 35.0 Å². The van der Waals surface area contributed by atoms with Crippen LogP contribution in [0.25, 0.3) is 21.7 Å². The molecule has 0 aliphatic carbocycles. The van der Waals surface area contributed by atoms with Crippen LogP contribution in [0, 0.1) is 0 Å². The van der Waals surface area contributed by atoms with Crippen molar-refractivity contribution in [2.24, 2.45) is 0 Å². The number of benzene rings is 3. The highest BCUT2D eigenvalue weighted by Crippen LogP contribution is 2.20. The Hall–Kier alpha value is -3.25. The normalized spacial score (nSPS) is 12.3. The summed E-state index contributed by atoms with van der Waals surface area (Å²) in [7, 11) is 0. The van der Waals surface area contributed by atoms with E-state index in [0.29, 0.717) is 16.7 Å². The summed E-state index contributed by atoms with van der Waals surface area (Å²) in [4.78, 5) is 12.4. The summed E-state index contributed by atoms with van der Waals surface area (Å²) in [5.41, 5.74) is 0.260. The molecule has 0 bridgehead atoms. The number of aliphatic hydroxyl groups is 1. The van der Waals surface area contributed by atoms with E-state index >= 15 is 0 Å². The first-order valence-corrected chi connectivity index (χ1v) is 8.33. The summed E-state index contributed by atoms with van der Waals surface area (Å²) in [6.45, 7) is 0.0730. The third-order valence-electron chi connectivity index (χ3n) is 4.18. The lowest BCUT2D eigenvalue weighted by Gasteiger charge is -2.13. The quantitative estimate of drug-likeness (QED) is 0.600. The molecule has 1 atom stereocenters. The van der Waals surface area contributed by atoms with Crippen LogP contribution in [0.15, 0.2) is 71.5 Å². The highest BCUT2D eigenvalue weighted by molar-refractivity contribution is 5.83. The molecule has 0 fully saturated rings. The second-order valence-corrected chi connectivity index (χ2v) is 6.07. The molecule has 26 heavy (non-hydrogen) atoms. The maximum absolute atomic E-state index is 12.4. The van der Waals surface area contributed by atoms with E-state index in [1.54, 1.807) is 24.3 Å². The van der Waals surface area contributed by atoms with Crippen molar-refractivity contribution in [3.05, 3.63) is 77.1 Å². The average molecular weight is 347 g/mol. The van der Waals surface area contributed by atoms with Crippen molar-refractivity contribution in [3.8, 4) is 5.75 Å². The molecule has 0 amide bonds. The molecule has 0 saturated heterocycles. The first-order valence-electron chi connectivity index (χ1n) is 8.33. The van der Waals surface area contributed by atoms with Crippen molar-refractivity contribution in [1.82, 2.24) is 15.0 Å². The lowest BCUT2D eigenvalue weighted by molar-refractivity contribution is 0.0874. The van der Waals surface area contributed by atoms with Crippen LogP contribution in [0.3, 0.4) is 0 Å². The number of aromatic nitrogens is 3. The van der Waals surface area contributed by atoms with E-state index < -0.39 is 6.10 Å². The zero-order valence-electron chi connectivity index (χ0n) is 13.9. The molecule has 130 valence electrons. The molecule has 1 N–H and O–H groups in total. The van der Waals surface area contributed by atoms with Crippen LogP contribution < -0.4 is 10.3 Å². The highest BCUT2D eigenvalue weighted by Gasteiger charge is 2.11. The van der Waals surface area contributed by atoms with Crippen molar-refractivity contribution >= 4 is 21.7 Å². The van der Waals surface area contributed by atoms with Crippen molar-refractivity contribution in [3.63, 3.8) is 0 Å². The predicted octanol–water partition coefficient (Wildman–Crippen LogP) is 2.38. The van der Waals surface area contributed by atoms with Crippen LogP contribution in [0.5, 0.6) is 5.75 Å². The predicted molar refractivity (Wildman–Crippen MR) is 99.2 cm³/mol. The van der Waals surface area contributed by atoms with Crippen molar-refractivity contribution < 1.29 is 9.84 Å². The molecule has 1 aromatic heterocycles. The minimum atomic E-state index is -0.880. The zero-order valence-corrected chi connectivity index (χ0v) is 13.9. The summed E-state index contributed by atoms with van der Waals surface area (Å²) in [6, 6.07) is 20.7. The summed E-state index contributed by atoms with van der Waals surface area (Å²) >= 11 is 0. The Bertz CT molecular complexity index is 1120. The Balaban J connectivity index is 1.46. The van der Waals surface area contributed by atoms with Gasteiger partial charge in [0.1, 0.15) is 24.0 Å². The van der Waals surface area contributed by atoms with Crippen LogP contribution in [-0.2, 0) is 6.54 Å². The number of hydrogen-bond donors (Lipinski definition) is 1. The Labute approximate surface area is 149 Å². The van der Waals surface area contributed by atoms with Crippen molar-refractivity contribution in [2.45, 2.75) is 12.6 Å². The summed E-state index contributed by atoms with van der Waals surface area (Å²) in [5.74, 6) is 0.666. The minimum Gasteiger partial charge on any atom is -0.491 e. The summed E-state index contributed by atoms with van der Waals surface area (Å²) in [6.07, 6.45) is -0.880. The van der Waals surface area contributed by atoms with Crippen LogP contribution >= 0.6 is 0 Å². The molecule has 0 saturated carbocycles. The van der Waals surface area contributed by atoms with Gasteiger partial charge in [0.25, 0.3) is 5.56 Å². The summed E-state index contributed by atoms with van der Waals surface area (Å²) < 4.78 is 6.83. The first-order chi connectivity index (χ1) is 12.7. The average Bonchev–Trinajstić information content (AvgIpc) is 2.68. The molecular weight excluding hydrogens is 330 g/mol. The second kappa shape index (κ2) is 6.93. The number of rotatable bonds is 5. The molecule has 4 aromatic rings. The molecule has 6 nitrogen and oxygen atoms in total. The van der Waals surface area contributed by atoms with E-state index in [2.05, 4.69) is 10.3 Å². The van der Waals surface area contributed by atoms with E-state index in [0.717, 1.165) is 15.5 Å². The van der Waals surface area contributed by atoms with Gasteiger partial charge >= 0.3 is 0 Å². The molecule has 4 rings (SSSR count). The lowest BCUT2D eigenvalue weighted by atomic mass is 10.1. The van der Waals surface area contributed by atoms with E-state index in [-0.39, 0.29) is 18.7 Å². The van der Waals surface area contributed by atoms with Crippen molar-refractivity contribution in [1.29, 1.82) is 0 Å². The topological polar surface area (TPSA) is 77.2 Å². The van der Waals surface area contributed by atoms with E-state index in [1.165, 1.54) is 0 Å². The van der Waals surface area contributed by atoms with Gasteiger partial charge in [0.05, 0.1) is 11.9 Å². The molecule has 0 aliphatic heterocycles. The molecule has 3 aromatic carbocycles. The zero-order chi connectivity index (χ0) is 17.9. The van der Waals surface area contributed by atoms with Crippen LogP contribution in [0.1, 0.15) is 0 Å². The number of nitrogens with zero attached hydrogens (tertiary/aromatic N) is 3. The van der Waals surface area contributed by atoms with Gasteiger partial charge in [-0.25, -0.2) is 4.68 Å². The van der Waals surface area contributed by atoms with Crippen LogP contribution in [0.2, 0.25) is 0 Å². The van der Waals surface area contributed by atoms with Gasteiger partial charge < -0.3 is 9.84 Å². The standard InChI is InChI=1S/C20H17N3O3/c24-16(12-23-20(25)18-7-3-4-8-19(18)21-22-23)13-26-17-10-9-14-5-1-2-6-15(14)11-17/h1-11,16,24H,12-13H2. The van der Waals surface area contributed by atoms with Crippen LogP contribution in [0.4, 0.5) is 0 Å². The Morgan fingerprint density at radius 1 is 1.00 bits per heavy atom. The van der Waals surface area contributed by atoms with Gasteiger partial charge in [-0.1, -0.05) is 47.7 Å². The fourth-order valence-electron chi connectivity index (χ4n) is 2.84. The van der Waals surface area contributed by atoms with Gasteiger partial charge in [-0.15, -0.1) is 5.10 Å². The van der Waals surface area contributed by atoms with Gasteiger partial charge in [-0.3, -0.25) is 4.79 Å². The molecule has 1 heterocycles. The lowest BCUT2D eigenvalue weighted by Crippen LogP contribution is -2.32. The molecule has 0 spiro atoms.